The lowest BCUT2D eigenvalue weighted by atomic mass is 10.1. The van der Waals surface area contributed by atoms with Crippen molar-refractivity contribution in [3.63, 3.8) is 0 Å². The molecule has 0 aliphatic rings. The van der Waals surface area contributed by atoms with Crippen LogP contribution in [0.1, 0.15) is 42.4 Å². The number of rotatable bonds is 8. The Bertz CT molecular complexity index is 1170. The molecule has 1 heterocycles. The van der Waals surface area contributed by atoms with Gasteiger partial charge in [-0.25, -0.2) is 10.5 Å². The summed E-state index contributed by atoms with van der Waals surface area (Å²) in [6.45, 7) is 8.70. The fourth-order valence-corrected chi connectivity index (χ4v) is 3.36. The Morgan fingerprint density at radius 1 is 1.16 bits per heavy atom. The highest BCUT2D eigenvalue weighted by atomic mass is 16.5. The van der Waals surface area contributed by atoms with Crippen LogP contribution in [0.25, 0.3) is 10.8 Å². The van der Waals surface area contributed by atoms with Gasteiger partial charge in [0.25, 0.3) is 11.5 Å². The number of carbonyl (C=O) groups excluding carboxylic acids is 1. The smallest absolute Gasteiger partial charge is 0.292 e. The number of hydrogen-bond acceptors (Lipinski definition) is 6. The van der Waals surface area contributed by atoms with E-state index in [1.807, 2.05) is 25.1 Å². The van der Waals surface area contributed by atoms with Crippen molar-refractivity contribution < 1.29 is 9.53 Å². The second-order valence-electron chi connectivity index (χ2n) is 7.07. The molecule has 0 aliphatic heterocycles. The van der Waals surface area contributed by atoms with Gasteiger partial charge in [-0.2, -0.15) is 10.2 Å². The molecule has 0 atom stereocenters. The number of carbonyl (C=O) groups is 1. The molecule has 3 rings (SSSR count). The van der Waals surface area contributed by atoms with Crippen molar-refractivity contribution in [2.75, 3.05) is 20.2 Å². The Hall–Kier alpha value is -3.52. The number of amides is 1. The number of nitrogens with one attached hydrogen (secondary N) is 2. The fourth-order valence-electron chi connectivity index (χ4n) is 3.36. The summed E-state index contributed by atoms with van der Waals surface area (Å²) in [5, 5.41) is 11.4. The highest BCUT2D eigenvalue weighted by Gasteiger charge is 2.14. The maximum absolute atomic E-state index is 12.7. The first-order valence-corrected chi connectivity index (χ1v) is 10.2. The van der Waals surface area contributed by atoms with Gasteiger partial charge in [-0.3, -0.25) is 14.5 Å². The van der Waals surface area contributed by atoms with Crippen LogP contribution in [0.3, 0.4) is 0 Å². The molecule has 0 radical (unpaired) electrons. The molecule has 0 saturated heterocycles. The molecule has 162 valence electrons. The maximum Gasteiger partial charge on any atom is 0.292 e. The van der Waals surface area contributed by atoms with E-state index in [0.717, 1.165) is 36.5 Å². The molecule has 1 amide bonds. The normalized spacial score (nSPS) is 11.7. The standard InChI is InChI=1S/C23H27N5O3/c1-5-28(6-2)14-17-13-16(11-12-20(17)31-4)15(3)24-27-23(30)21-18-9-7-8-10-19(18)22(29)26-25-21/h7-13H,5-6,14H2,1-4H3,(H,26,29)(H,27,30)/b24-15-. The number of ether oxygens (including phenoxy) is 1. The van der Waals surface area contributed by atoms with Crippen molar-refractivity contribution in [1.29, 1.82) is 0 Å². The molecule has 3 aromatic rings. The number of nitrogens with zero attached hydrogens (tertiary/aromatic N) is 3. The first-order chi connectivity index (χ1) is 15.0. The minimum Gasteiger partial charge on any atom is -0.496 e. The third-order valence-electron chi connectivity index (χ3n) is 5.22. The van der Waals surface area contributed by atoms with Gasteiger partial charge in [0.2, 0.25) is 0 Å². The van der Waals surface area contributed by atoms with Gasteiger partial charge >= 0.3 is 0 Å². The monoisotopic (exact) mass is 421 g/mol. The van der Waals surface area contributed by atoms with Gasteiger partial charge in [0.15, 0.2) is 5.69 Å². The SMILES string of the molecule is CCN(CC)Cc1cc(/C(C)=N\NC(=O)c2n[nH]c(=O)c3ccccc23)ccc1OC. The van der Waals surface area contributed by atoms with E-state index in [-0.39, 0.29) is 11.3 Å². The summed E-state index contributed by atoms with van der Waals surface area (Å²) in [7, 11) is 1.66. The van der Waals surface area contributed by atoms with Gasteiger partial charge in [0, 0.05) is 17.5 Å². The molecule has 0 spiro atoms. The summed E-state index contributed by atoms with van der Waals surface area (Å²) in [5.74, 6) is 0.320. The summed E-state index contributed by atoms with van der Waals surface area (Å²) >= 11 is 0. The Morgan fingerprint density at radius 2 is 1.87 bits per heavy atom. The van der Waals surface area contributed by atoms with E-state index >= 15 is 0 Å². The lowest BCUT2D eigenvalue weighted by Crippen LogP contribution is -2.24. The van der Waals surface area contributed by atoms with Gasteiger partial charge in [0.05, 0.1) is 18.2 Å². The summed E-state index contributed by atoms with van der Waals surface area (Å²) < 4.78 is 5.50. The van der Waals surface area contributed by atoms with Crippen LogP contribution in [0.5, 0.6) is 5.75 Å². The van der Waals surface area contributed by atoms with E-state index in [2.05, 4.69) is 39.5 Å². The van der Waals surface area contributed by atoms with Crippen molar-refractivity contribution in [3.8, 4) is 5.75 Å². The molecular formula is C23H27N5O3. The van der Waals surface area contributed by atoms with Gasteiger partial charge in [0.1, 0.15) is 5.75 Å². The Kier molecular flexibility index (Phi) is 7.15. The third-order valence-corrected chi connectivity index (χ3v) is 5.22. The number of fused-ring (bicyclic) bond motifs is 1. The molecule has 0 bridgehead atoms. The van der Waals surface area contributed by atoms with Gasteiger partial charge in [-0.1, -0.05) is 32.0 Å². The largest absolute Gasteiger partial charge is 0.496 e. The highest BCUT2D eigenvalue weighted by molar-refractivity contribution is 6.06. The van der Waals surface area contributed by atoms with Crippen LogP contribution in [0.15, 0.2) is 52.4 Å². The van der Waals surface area contributed by atoms with E-state index in [9.17, 15) is 9.59 Å². The van der Waals surface area contributed by atoms with Crippen molar-refractivity contribution in [2.45, 2.75) is 27.3 Å². The van der Waals surface area contributed by atoms with Crippen LogP contribution in [0, 0.1) is 0 Å². The van der Waals surface area contributed by atoms with Gasteiger partial charge in [-0.05, 0) is 49.8 Å². The third kappa shape index (κ3) is 4.97. The maximum atomic E-state index is 12.7. The average Bonchev–Trinajstić information content (AvgIpc) is 2.81. The summed E-state index contributed by atoms with van der Waals surface area (Å²) in [4.78, 5) is 26.9. The van der Waals surface area contributed by atoms with E-state index < -0.39 is 5.91 Å². The number of aromatic nitrogens is 2. The molecule has 0 saturated carbocycles. The molecule has 8 nitrogen and oxygen atoms in total. The number of hydrazone groups is 1. The van der Waals surface area contributed by atoms with Crippen molar-refractivity contribution >= 4 is 22.4 Å². The minimum absolute atomic E-state index is 0.115. The van der Waals surface area contributed by atoms with Crippen LogP contribution in [-0.4, -0.2) is 46.9 Å². The van der Waals surface area contributed by atoms with Crippen LogP contribution >= 0.6 is 0 Å². The number of H-pyrrole nitrogens is 1. The van der Waals surface area contributed by atoms with Crippen LogP contribution in [-0.2, 0) is 6.54 Å². The molecule has 0 unspecified atom stereocenters. The van der Waals surface area contributed by atoms with Crippen molar-refractivity contribution in [2.24, 2.45) is 5.10 Å². The van der Waals surface area contributed by atoms with Crippen LogP contribution < -0.4 is 15.7 Å². The Labute approximate surface area is 180 Å². The minimum atomic E-state index is -0.497. The second kappa shape index (κ2) is 9.99. The lowest BCUT2D eigenvalue weighted by Gasteiger charge is -2.20. The molecule has 1 aromatic heterocycles. The number of aromatic amines is 1. The van der Waals surface area contributed by atoms with Crippen LogP contribution in [0.4, 0.5) is 0 Å². The average molecular weight is 422 g/mol. The molecular weight excluding hydrogens is 394 g/mol. The molecule has 0 aliphatic carbocycles. The first kappa shape index (κ1) is 22.2. The molecule has 2 N–H and O–H groups in total. The zero-order valence-electron chi connectivity index (χ0n) is 18.2. The van der Waals surface area contributed by atoms with Crippen LogP contribution in [0.2, 0.25) is 0 Å². The van der Waals surface area contributed by atoms with E-state index in [1.165, 1.54) is 0 Å². The van der Waals surface area contributed by atoms with Gasteiger partial charge in [-0.15, -0.1) is 0 Å². The zero-order valence-corrected chi connectivity index (χ0v) is 18.2. The van der Waals surface area contributed by atoms with E-state index in [4.69, 9.17) is 4.74 Å². The summed E-state index contributed by atoms with van der Waals surface area (Å²) in [5.41, 5.74) is 4.89. The van der Waals surface area contributed by atoms with E-state index in [0.29, 0.717) is 16.5 Å². The van der Waals surface area contributed by atoms with Crippen molar-refractivity contribution in [3.05, 3.63) is 69.6 Å². The predicted molar refractivity (Wildman–Crippen MR) is 122 cm³/mol. The zero-order chi connectivity index (χ0) is 22.4. The Morgan fingerprint density at radius 3 is 2.55 bits per heavy atom. The van der Waals surface area contributed by atoms with Crippen molar-refractivity contribution in [1.82, 2.24) is 20.5 Å². The predicted octanol–water partition coefficient (Wildman–Crippen LogP) is 2.93. The van der Waals surface area contributed by atoms with E-state index in [1.54, 1.807) is 31.4 Å². The number of hydrogen-bond donors (Lipinski definition) is 2. The number of benzene rings is 2. The fraction of sp³-hybridized carbons (Fsp3) is 0.304. The quantitative estimate of drug-likeness (QED) is 0.430. The number of methoxy groups -OCH3 is 1. The Balaban J connectivity index is 1.84. The second-order valence-corrected chi connectivity index (χ2v) is 7.07. The molecule has 0 fully saturated rings. The summed E-state index contributed by atoms with van der Waals surface area (Å²) in [6, 6.07) is 12.7. The first-order valence-electron chi connectivity index (χ1n) is 10.2. The summed E-state index contributed by atoms with van der Waals surface area (Å²) in [6.07, 6.45) is 0. The topological polar surface area (TPSA) is 99.7 Å². The molecule has 2 aromatic carbocycles. The highest BCUT2D eigenvalue weighted by Crippen LogP contribution is 2.22. The lowest BCUT2D eigenvalue weighted by molar-refractivity contribution is 0.0950. The van der Waals surface area contributed by atoms with Gasteiger partial charge < -0.3 is 4.74 Å². The molecule has 31 heavy (non-hydrogen) atoms. The molecule has 8 heteroatoms.